The lowest BCUT2D eigenvalue weighted by Gasteiger charge is -2.17. The molecule has 5 nitrogen and oxygen atoms in total. The molecule has 0 bridgehead atoms. The number of hydrogen-bond acceptors (Lipinski definition) is 3. The maximum Gasteiger partial charge on any atom is 0.390 e. The van der Waals surface area contributed by atoms with Crippen LogP contribution in [0, 0.1) is 0 Å². The molecule has 0 radical (unpaired) electrons. The van der Waals surface area contributed by atoms with Crippen LogP contribution in [0.15, 0.2) is 0 Å². The molecule has 9 heteroatoms. The quantitative estimate of drug-likeness (QED) is 0.628. The van der Waals surface area contributed by atoms with Crippen molar-refractivity contribution in [3.8, 4) is 0 Å². The average Bonchev–Trinajstić information content (AvgIpc) is 2.15. The second kappa shape index (κ2) is 7.14. The molecule has 104 valence electrons. The first-order valence-electron chi connectivity index (χ1n) is 5.11. The summed E-state index contributed by atoms with van der Waals surface area (Å²) in [4.78, 5) is 0. The number of rotatable bonds is 8. The molecule has 0 spiro atoms. The van der Waals surface area contributed by atoms with Crippen molar-refractivity contribution in [1.29, 1.82) is 0 Å². The van der Waals surface area contributed by atoms with Crippen LogP contribution >= 0.6 is 0 Å². The largest absolute Gasteiger partial charge is 0.390 e. The molecule has 0 atom stereocenters. The van der Waals surface area contributed by atoms with Crippen molar-refractivity contribution < 1.29 is 21.6 Å². The molecule has 0 rings (SSSR count). The van der Waals surface area contributed by atoms with Gasteiger partial charge in [-0.3, -0.25) is 0 Å². The van der Waals surface area contributed by atoms with Gasteiger partial charge < -0.3 is 5.32 Å². The second-order valence-corrected chi connectivity index (χ2v) is 5.41. The molecule has 0 aromatic rings. The Hall–Kier alpha value is -0.380. The van der Waals surface area contributed by atoms with E-state index in [1.807, 2.05) is 4.72 Å². The normalized spacial score (nSPS) is 13.3. The first kappa shape index (κ1) is 16.6. The highest BCUT2D eigenvalue weighted by Gasteiger charge is 2.27. The molecule has 0 fully saturated rings. The van der Waals surface area contributed by atoms with E-state index in [4.69, 9.17) is 0 Å². The van der Waals surface area contributed by atoms with Gasteiger partial charge in [0.05, 0.1) is 6.42 Å². The van der Waals surface area contributed by atoms with Gasteiger partial charge in [0, 0.05) is 20.1 Å². The minimum atomic E-state index is -4.35. The fourth-order valence-corrected chi connectivity index (χ4v) is 1.98. The second-order valence-electron chi connectivity index (χ2n) is 3.54. The van der Waals surface area contributed by atoms with Crippen LogP contribution in [0.2, 0.25) is 0 Å². The first-order chi connectivity index (χ1) is 7.69. The van der Waals surface area contributed by atoms with Gasteiger partial charge in [-0.1, -0.05) is 0 Å². The summed E-state index contributed by atoms with van der Waals surface area (Å²) in [6.07, 6.45) is -4.93. The summed E-state index contributed by atoms with van der Waals surface area (Å²) < 4.78 is 61.2. The zero-order valence-electron chi connectivity index (χ0n) is 9.84. The van der Waals surface area contributed by atoms with Crippen LogP contribution in [-0.4, -0.2) is 52.6 Å². The molecule has 0 saturated heterocycles. The molecule has 0 heterocycles. The predicted molar refractivity (Wildman–Crippen MR) is 58.8 cm³/mol. The molecule has 2 N–H and O–H groups in total. The zero-order chi connectivity index (χ0) is 13.5. The molecule has 0 saturated carbocycles. The fraction of sp³-hybridized carbons (Fsp3) is 1.00. The Labute approximate surface area is 99.5 Å². The number of alkyl halides is 3. The summed E-state index contributed by atoms with van der Waals surface area (Å²) in [6.45, 7) is 0.257. The highest BCUT2D eigenvalue weighted by Crippen LogP contribution is 2.18. The fourth-order valence-electron chi connectivity index (χ4n) is 1.03. The predicted octanol–water partition coefficient (Wildman–Crippen LogP) is 0.314. The van der Waals surface area contributed by atoms with Gasteiger partial charge in [0.15, 0.2) is 0 Å². The van der Waals surface area contributed by atoms with Gasteiger partial charge in [-0.2, -0.15) is 25.9 Å². The van der Waals surface area contributed by atoms with Crippen molar-refractivity contribution in [3.63, 3.8) is 0 Å². The molecular formula is C8H18F3N3O2S. The third kappa shape index (κ3) is 8.36. The smallest absolute Gasteiger partial charge is 0.320 e. The van der Waals surface area contributed by atoms with Crippen molar-refractivity contribution in [1.82, 2.24) is 14.3 Å². The summed E-state index contributed by atoms with van der Waals surface area (Å²) in [6, 6.07) is 0. The Morgan fingerprint density at radius 3 is 2.29 bits per heavy atom. The van der Waals surface area contributed by atoms with Crippen molar-refractivity contribution in [2.24, 2.45) is 0 Å². The van der Waals surface area contributed by atoms with Crippen molar-refractivity contribution >= 4 is 10.2 Å². The summed E-state index contributed by atoms with van der Waals surface area (Å²) >= 11 is 0. The summed E-state index contributed by atoms with van der Waals surface area (Å²) in [5, 5.41) is 2.85. The third-order valence-corrected chi connectivity index (χ3v) is 3.58. The minimum Gasteiger partial charge on any atom is -0.320 e. The lowest BCUT2D eigenvalue weighted by atomic mass is 10.4. The average molecular weight is 277 g/mol. The van der Waals surface area contributed by atoms with E-state index < -0.39 is 29.4 Å². The Kier molecular flexibility index (Phi) is 6.98. The van der Waals surface area contributed by atoms with Crippen LogP contribution in [0.1, 0.15) is 12.8 Å². The molecule has 0 amide bonds. The van der Waals surface area contributed by atoms with E-state index in [2.05, 4.69) is 5.32 Å². The summed E-state index contributed by atoms with van der Waals surface area (Å²) in [7, 11) is -0.750. The number of hydrogen-bond donors (Lipinski definition) is 2. The molecule has 0 aliphatic rings. The monoisotopic (exact) mass is 277 g/mol. The maximum absolute atomic E-state index is 11.8. The van der Waals surface area contributed by atoms with Gasteiger partial charge >= 0.3 is 6.18 Å². The lowest BCUT2D eigenvalue weighted by Crippen LogP contribution is -2.40. The topological polar surface area (TPSA) is 61.4 Å². The van der Waals surface area contributed by atoms with Gasteiger partial charge in [-0.15, -0.1) is 0 Å². The van der Waals surface area contributed by atoms with E-state index in [0.29, 0.717) is 13.0 Å². The molecule has 0 aromatic carbocycles. The maximum atomic E-state index is 11.8. The molecule has 0 aromatic heterocycles. The van der Waals surface area contributed by atoms with Crippen LogP contribution < -0.4 is 10.0 Å². The highest BCUT2D eigenvalue weighted by molar-refractivity contribution is 7.87. The molecule has 17 heavy (non-hydrogen) atoms. The first-order valence-corrected chi connectivity index (χ1v) is 6.55. The summed E-state index contributed by atoms with van der Waals surface area (Å²) in [5.74, 6) is 0. The Balaban J connectivity index is 4.01. The van der Waals surface area contributed by atoms with E-state index >= 15 is 0 Å². The Morgan fingerprint density at radius 2 is 1.82 bits per heavy atom. The van der Waals surface area contributed by atoms with Gasteiger partial charge in [-0.25, -0.2) is 4.72 Å². The number of halogens is 3. The molecule has 0 aliphatic carbocycles. The van der Waals surface area contributed by atoms with E-state index in [-0.39, 0.29) is 6.54 Å². The van der Waals surface area contributed by atoms with E-state index in [9.17, 15) is 21.6 Å². The van der Waals surface area contributed by atoms with Crippen LogP contribution in [0.25, 0.3) is 0 Å². The van der Waals surface area contributed by atoms with E-state index in [1.165, 1.54) is 7.05 Å². The highest BCUT2D eigenvalue weighted by atomic mass is 32.2. The molecular weight excluding hydrogens is 259 g/mol. The van der Waals surface area contributed by atoms with Crippen LogP contribution in [0.5, 0.6) is 0 Å². The molecule has 0 unspecified atom stereocenters. The van der Waals surface area contributed by atoms with Crippen LogP contribution in [0.4, 0.5) is 13.2 Å². The van der Waals surface area contributed by atoms with E-state index in [0.717, 1.165) is 4.31 Å². The van der Waals surface area contributed by atoms with Crippen molar-refractivity contribution in [3.05, 3.63) is 0 Å². The number of nitrogens with zero attached hydrogens (tertiary/aromatic N) is 1. The van der Waals surface area contributed by atoms with Gasteiger partial charge in [-0.05, 0) is 20.0 Å². The Bertz CT molecular complexity index is 306. The lowest BCUT2D eigenvalue weighted by molar-refractivity contribution is -0.132. The van der Waals surface area contributed by atoms with E-state index in [1.54, 1.807) is 7.05 Å². The zero-order valence-corrected chi connectivity index (χ0v) is 10.7. The standard InChI is InChI=1S/C8H18F3N3O2S/c1-12-5-3-7-14(2)17(15,16)13-6-4-8(9,10)11/h12-13H,3-7H2,1-2H3. The van der Waals surface area contributed by atoms with Crippen LogP contribution in [-0.2, 0) is 10.2 Å². The van der Waals surface area contributed by atoms with Gasteiger partial charge in [0.1, 0.15) is 0 Å². The van der Waals surface area contributed by atoms with Crippen LogP contribution in [0.3, 0.4) is 0 Å². The minimum absolute atomic E-state index is 0.252. The third-order valence-electron chi connectivity index (χ3n) is 2.00. The SMILES string of the molecule is CNCCCN(C)S(=O)(=O)NCCC(F)(F)F. The van der Waals surface area contributed by atoms with Gasteiger partial charge in [0.25, 0.3) is 10.2 Å². The summed E-state index contributed by atoms with van der Waals surface area (Å²) in [5.41, 5.74) is 0. The Morgan fingerprint density at radius 1 is 1.24 bits per heavy atom. The molecule has 0 aliphatic heterocycles. The van der Waals surface area contributed by atoms with Crippen molar-refractivity contribution in [2.75, 3.05) is 33.7 Å². The van der Waals surface area contributed by atoms with Gasteiger partial charge in [0.2, 0.25) is 0 Å². The van der Waals surface area contributed by atoms with Crippen molar-refractivity contribution in [2.45, 2.75) is 19.0 Å². The number of nitrogens with one attached hydrogen (secondary N) is 2.